The number of halogens is 1. The van der Waals surface area contributed by atoms with Crippen LogP contribution >= 0.6 is 0 Å². The van der Waals surface area contributed by atoms with E-state index in [0.29, 0.717) is 11.1 Å². The van der Waals surface area contributed by atoms with Crippen molar-refractivity contribution in [3.05, 3.63) is 77.1 Å². The fourth-order valence-electron chi connectivity index (χ4n) is 2.24. The number of rotatable bonds is 3. The largest absolute Gasteiger partial charge is 0.271 e. The predicted octanol–water partition coefficient (Wildman–Crippen LogP) is 2.14. The number of hydrogen-bond acceptors (Lipinski definition) is 5. The molecule has 0 fully saturated rings. The minimum atomic E-state index is -2.20. The molecular weight excluding hydrogens is 295 g/mol. The van der Waals surface area contributed by atoms with Gasteiger partial charge in [-0.1, -0.05) is 24.3 Å². The molecule has 110 valence electrons. The van der Waals surface area contributed by atoms with Crippen molar-refractivity contribution in [2.75, 3.05) is 0 Å². The Kier molecular flexibility index (Phi) is 3.54. The molecule has 0 N–H and O–H groups in total. The van der Waals surface area contributed by atoms with Gasteiger partial charge in [-0.15, -0.1) is 15.0 Å². The van der Waals surface area contributed by atoms with Crippen LogP contribution in [0, 0.1) is 22.7 Å². The van der Waals surface area contributed by atoms with Crippen molar-refractivity contribution in [2.24, 2.45) is 0 Å². The van der Waals surface area contributed by atoms with E-state index < -0.39 is 5.79 Å². The van der Waals surface area contributed by atoms with Crippen LogP contribution in [0.2, 0.25) is 0 Å². The van der Waals surface area contributed by atoms with Gasteiger partial charge in [-0.05, 0) is 29.5 Å². The highest BCUT2D eigenvalue weighted by Crippen LogP contribution is 2.34. The van der Waals surface area contributed by atoms with Crippen molar-refractivity contribution in [1.82, 2.24) is 20.2 Å². The van der Waals surface area contributed by atoms with Gasteiger partial charge in [-0.3, -0.25) is 0 Å². The third kappa shape index (κ3) is 2.41. The van der Waals surface area contributed by atoms with Gasteiger partial charge in [0.25, 0.3) is 5.79 Å². The summed E-state index contributed by atoms with van der Waals surface area (Å²) in [7, 11) is 0. The van der Waals surface area contributed by atoms with E-state index in [2.05, 4.69) is 15.4 Å². The summed E-state index contributed by atoms with van der Waals surface area (Å²) in [5.74, 6) is -2.20. The highest BCUT2D eigenvalue weighted by molar-refractivity contribution is 5.42. The van der Waals surface area contributed by atoms with Crippen molar-refractivity contribution in [1.29, 1.82) is 10.5 Å². The van der Waals surface area contributed by atoms with Crippen molar-refractivity contribution in [3.8, 4) is 12.1 Å². The Bertz CT molecular complexity index is 828. The summed E-state index contributed by atoms with van der Waals surface area (Å²) in [6.45, 7) is 0. The molecule has 0 saturated heterocycles. The van der Waals surface area contributed by atoms with Crippen LogP contribution in [0.3, 0.4) is 0 Å². The zero-order valence-electron chi connectivity index (χ0n) is 11.8. The molecule has 1 aromatic heterocycles. The molecule has 0 saturated carbocycles. The number of nitrogens with zero attached hydrogens (tertiary/aromatic N) is 6. The lowest BCUT2D eigenvalue weighted by Crippen LogP contribution is -2.33. The monoisotopic (exact) mass is 304 g/mol. The Balaban J connectivity index is 2.18. The number of alkyl halides is 1. The topological polar surface area (TPSA) is 91.2 Å². The molecule has 6 nitrogen and oxygen atoms in total. The second-order valence-corrected chi connectivity index (χ2v) is 4.73. The number of tetrazole rings is 1. The van der Waals surface area contributed by atoms with Crippen LogP contribution in [-0.2, 0) is 5.79 Å². The zero-order valence-corrected chi connectivity index (χ0v) is 11.8. The molecule has 7 heteroatoms. The lowest BCUT2D eigenvalue weighted by molar-refractivity contribution is 0.133. The first-order valence-electron chi connectivity index (χ1n) is 6.62. The molecule has 3 aromatic rings. The van der Waals surface area contributed by atoms with E-state index in [1.54, 1.807) is 0 Å². The summed E-state index contributed by atoms with van der Waals surface area (Å²) in [5.41, 5.74) is 1.34. The maximum Gasteiger partial charge on any atom is 0.271 e. The van der Waals surface area contributed by atoms with Crippen LogP contribution in [0.4, 0.5) is 4.39 Å². The van der Waals surface area contributed by atoms with Gasteiger partial charge >= 0.3 is 0 Å². The van der Waals surface area contributed by atoms with Crippen LogP contribution in [0.1, 0.15) is 22.3 Å². The van der Waals surface area contributed by atoms with Gasteiger partial charge in [-0.25, -0.2) is 4.39 Å². The van der Waals surface area contributed by atoms with Crippen LogP contribution in [0.15, 0.2) is 54.9 Å². The fourth-order valence-corrected chi connectivity index (χ4v) is 2.24. The first-order chi connectivity index (χ1) is 11.2. The van der Waals surface area contributed by atoms with Crippen molar-refractivity contribution in [2.45, 2.75) is 5.79 Å². The second-order valence-electron chi connectivity index (χ2n) is 4.73. The molecule has 0 bridgehead atoms. The van der Waals surface area contributed by atoms with E-state index in [4.69, 9.17) is 10.5 Å². The summed E-state index contributed by atoms with van der Waals surface area (Å²) >= 11 is 0. The molecule has 0 aliphatic heterocycles. The Morgan fingerprint density at radius 2 is 1.35 bits per heavy atom. The van der Waals surface area contributed by atoms with Gasteiger partial charge in [0.2, 0.25) is 0 Å². The molecule has 23 heavy (non-hydrogen) atoms. The highest BCUT2D eigenvalue weighted by Gasteiger charge is 2.39. The Hall–Kier alpha value is -3.58. The minimum Gasteiger partial charge on any atom is -0.205 e. The molecule has 1 heterocycles. The normalized spacial score (nSPS) is 10.7. The second kappa shape index (κ2) is 5.66. The van der Waals surface area contributed by atoms with E-state index >= 15 is 4.39 Å². The van der Waals surface area contributed by atoms with Gasteiger partial charge in [0.05, 0.1) is 23.3 Å². The van der Waals surface area contributed by atoms with Crippen LogP contribution in [-0.4, -0.2) is 20.2 Å². The smallest absolute Gasteiger partial charge is 0.205 e. The van der Waals surface area contributed by atoms with Crippen molar-refractivity contribution < 1.29 is 4.39 Å². The average molecular weight is 304 g/mol. The predicted molar refractivity (Wildman–Crippen MR) is 77.4 cm³/mol. The molecule has 0 unspecified atom stereocenters. The number of aromatic nitrogens is 4. The molecule has 0 radical (unpaired) electrons. The molecule has 0 aliphatic rings. The SMILES string of the molecule is N#Cc1ccc(C(F)(c2ccc(C#N)cc2)n2ncnn2)cc1. The van der Waals surface area contributed by atoms with E-state index in [0.717, 1.165) is 11.1 Å². The quantitative estimate of drug-likeness (QED) is 0.739. The van der Waals surface area contributed by atoms with E-state index in [9.17, 15) is 0 Å². The maximum atomic E-state index is 15.9. The van der Waals surface area contributed by atoms with Crippen molar-refractivity contribution in [3.63, 3.8) is 0 Å². The molecule has 2 aromatic carbocycles. The number of benzene rings is 2. The van der Waals surface area contributed by atoms with Crippen LogP contribution < -0.4 is 0 Å². The Morgan fingerprint density at radius 3 is 1.70 bits per heavy atom. The summed E-state index contributed by atoms with van der Waals surface area (Å²) < 4.78 is 15.9. The first-order valence-corrected chi connectivity index (χ1v) is 6.62. The lowest BCUT2D eigenvalue weighted by atomic mass is 9.95. The average Bonchev–Trinajstić information content (AvgIpc) is 3.16. The van der Waals surface area contributed by atoms with E-state index in [-0.39, 0.29) is 11.1 Å². The molecule has 3 rings (SSSR count). The third-order valence-corrected chi connectivity index (χ3v) is 3.42. The maximum absolute atomic E-state index is 15.9. The lowest BCUT2D eigenvalue weighted by Gasteiger charge is -2.24. The molecule has 0 spiro atoms. The van der Waals surface area contributed by atoms with Gasteiger partial charge in [0.15, 0.2) is 6.33 Å². The van der Waals surface area contributed by atoms with Crippen molar-refractivity contribution >= 4 is 0 Å². The summed E-state index contributed by atoms with van der Waals surface area (Å²) in [6, 6.07) is 16.0. The van der Waals surface area contributed by atoms with E-state index in [1.807, 2.05) is 12.1 Å². The first kappa shape index (κ1) is 14.4. The Labute approximate surface area is 131 Å². The van der Waals surface area contributed by atoms with Crippen LogP contribution in [0.25, 0.3) is 0 Å². The number of nitriles is 2. The zero-order chi connectivity index (χ0) is 16.3. The summed E-state index contributed by atoms with van der Waals surface area (Å²) in [5, 5.41) is 28.8. The van der Waals surface area contributed by atoms with Gasteiger partial charge in [-0.2, -0.15) is 10.5 Å². The summed E-state index contributed by atoms with van der Waals surface area (Å²) in [4.78, 5) is 0.857. The molecule has 0 amide bonds. The van der Waals surface area contributed by atoms with E-state index in [1.165, 1.54) is 48.5 Å². The van der Waals surface area contributed by atoms with Crippen LogP contribution in [0.5, 0.6) is 0 Å². The minimum absolute atomic E-state index is 0.249. The standard InChI is InChI=1S/C16H9FN6/c17-16(23-21-11-20-22-23,14-5-1-12(9-18)2-6-14)15-7-3-13(10-19)4-8-15/h1-8,11H. The van der Waals surface area contributed by atoms with Gasteiger partial charge in [0.1, 0.15) is 0 Å². The Morgan fingerprint density at radius 1 is 0.870 bits per heavy atom. The summed E-state index contributed by atoms with van der Waals surface area (Å²) in [6.07, 6.45) is 1.14. The molecule has 0 atom stereocenters. The highest BCUT2D eigenvalue weighted by atomic mass is 19.1. The molecule has 0 aliphatic carbocycles. The third-order valence-electron chi connectivity index (χ3n) is 3.42. The number of hydrogen-bond donors (Lipinski definition) is 0. The fraction of sp³-hybridized carbons (Fsp3) is 0.0625. The van der Waals surface area contributed by atoms with Gasteiger partial charge in [0, 0.05) is 11.1 Å². The van der Waals surface area contributed by atoms with Gasteiger partial charge < -0.3 is 0 Å². The molecular formula is C16H9FN6.